The van der Waals surface area contributed by atoms with Crippen molar-refractivity contribution in [1.82, 2.24) is 9.80 Å². The Morgan fingerprint density at radius 1 is 1.28 bits per heavy atom. The maximum Gasteiger partial charge on any atom is 0.257 e. The molecule has 1 aromatic carbocycles. The molecule has 2 fully saturated rings. The topological polar surface area (TPSA) is 68.0 Å². The van der Waals surface area contributed by atoms with E-state index in [-0.39, 0.29) is 5.91 Å². The maximum absolute atomic E-state index is 12.9. The molecule has 0 saturated carbocycles. The molecule has 2 saturated heterocycles. The van der Waals surface area contributed by atoms with Gasteiger partial charge in [-0.2, -0.15) is 0 Å². The summed E-state index contributed by atoms with van der Waals surface area (Å²) in [6.45, 7) is 6.08. The van der Waals surface area contributed by atoms with E-state index in [2.05, 4.69) is 4.90 Å². The third-order valence-corrected chi connectivity index (χ3v) is 5.39. The van der Waals surface area contributed by atoms with Crippen molar-refractivity contribution in [3.05, 3.63) is 22.7 Å². The lowest BCUT2D eigenvalue weighted by atomic mass is 9.99. The molecule has 138 valence electrons. The lowest BCUT2D eigenvalue weighted by molar-refractivity contribution is 0.0392. The van der Waals surface area contributed by atoms with Gasteiger partial charge in [0, 0.05) is 52.0 Å². The van der Waals surface area contributed by atoms with Gasteiger partial charge in [-0.1, -0.05) is 11.6 Å². The number of hydrogen-bond donors (Lipinski definition) is 1. The average Bonchev–Trinajstić information content (AvgIpc) is 2.64. The summed E-state index contributed by atoms with van der Waals surface area (Å²) in [6.07, 6.45) is 2.28. The van der Waals surface area contributed by atoms with Crippen LogP contribution < -0.4 is 10.5 Å². The molecule has 0 aliphatic carbocycles. The van der Waals surface area contributed by atoms with Crippen LogP contribution in [0.15, 0.2) is 12.1 Å². The summed E-state index contributed by atoms with van der Waals surface area (Å²) in [5, 5.41) is 0.377. The van der Waals surface area contributed by atoms with Crippen molar-refractivity contribution in [2.75, 3.05) is 58.8 Å². The lowest BCUT2D eigenvalue weighted by Crippen LogP contribution is -2.50. The number of carbonyl (C=O) groups excluding carboxylic acids is 1. The van der Waals surface area contributed by atoms with Gasteiger partial charge in [0.25, 0.3) is 5.91 Å². The molecule has 0 spiro atoms. The highest BCUT2D eigenvalue weighted by atomic mass is 35.5. The number of anilines is 1. The van der Waals surface area contributed by atoms with Gasteiger partial charge in [0.2, 0.25) is 0 Å². The van der Waals surface area contributed by atoms with Crippen molar-refractivity contribution in [1.29, 1.82) is 0 Å². The zero-order valence-corrected chi connectivity index (χ0v) is 15.4. The second-order valence-corrected chi connectivity index (χ2v) is 7.13. The number of benzene rings is 1. The Hall–Kier alpha value is -1.50. The largest absolute Gasteiger partial charge is 0.496 e. The minimum absolute atomic E-state index is 0.0514. The molecular weight excluding hydrogens is 342 g/mol. The van der Waals surface area contributed by atoms with Gasteiger partial charge >= 0.3 is 0 Å². The monoisotopic (exact) mass is 367 g/mol. The van der Waals surface area contributed by atoms with E-state index < -0.39 is 0 Å². The van der Waals surface area contributed by atoms with Crippen molar-refractivity contribution in [3.8, 4) is 5.75 Å². The third kappa shape index (κ3) is 4.37. The molecule has 0 bridgehead atoms. The van der Waals surface area contributed by atoms with Gasteiger partial charge in [-0.05, 0) is 24.8 Å². The summed E-state index contributed by atoms with van der Waals surface area (Å²) >= 11 is 6.09. The van der Waals surface area contributed by atoms with E-state index in [0.29, 0.717) is 41.0 Å². The van der Waals surface area contributed by atoms with Crippen LogP contribution in [0.5, 0.6) is 5.75 Å². The Kier molecular flexibility index (Phi) is 6.04. The number of nitrogen functional groups attached to an aromatic ring is 1. The van der Waals surface area contributed by atoms with Gasteiger partial charge in [0.05, 0.1) is 23.4 Å². The molecule has 3 rings (SSSR count). The molecule has 1 aromatic rings. The molecule has 6 nitrogen and oxygen atoms in total. The van der Waals surface area contributed by atoms with Crippen LogP contribution in [-0.4, -0.2) is 68.8 Å². The van der Waals surface area contributed by atoms with Crippen LogP contribution in [0.4, 0.5) is 5.69 Å². The highest BCUT2D eigenvalue weighted by Crippen LogP contribution is 2.30. The molecule has 2 aliphatic rings. The number of amides is 1. The highest BCUT2D eigenvalue weighted by molar-refractivity contribution is 6.33. The van der Waals surface area contributed by atoms with Crippen LogP contribution in [0.25, 0.3) is 0 Å². The fraction of sp³-hybridized carbons (Fsp3) is 0.611. The fourth-order valence-corrected chi connectivity index (χ4v) is 3.67. The number of halogens is 1. The summed E-state index contributed by atoms with van der Waals surface area (Å²) in [6, 6.07) is 3.21. The first kappa shape index (κ1) is 18.3. The standard InChI is InChI=1S/C18H26ClN3O3/c1-24-17-11-16(20)15(19)10-14(17)18(23)22-6-4-21(5-7-22)12-13-2-8-25-9-3-13/h10-11,13H,2-9,12,20H2,1H3. The van der Waals surface area contributed by atoms with Crippen LogP contribution in [0, 0.1) is 5.92 Å². The zero-order chi connectivity index (χ0) is 17.8. The average molecular weight is 368 g/mol. The van der Waals surface area contributed by atoms with Crippen LogP contribution >= 0.6 is 11.6 Å². The molecule has 1 amide bonds. The molecule has 7 heteroatoms. The van der Waals surface area contributed by atoms with Crippen molar-refractivity contribution in [2.45, 2.75) is 12.8 Å². The minimum Gasteiger partial charge on any atom is -0.496 e. The van der Waals surface area contributed by atoms with Crippen molar-refractivity contribution in [2.24, 2.45) is 5.92 Å². The number of nitrogens with zero attached hydrogens (tertiary/aromatic N) is 2. The smallest absolute Gasteiger partial charge is 0.257 e. The summed E-state index contributed by atoms with van der Waals surface area (Å²) in [5.74, 6) is 1.13. The molecule has 2 N–H and O–H groups in total. The first-order valence-electron chi connectivity index (χ1n) is 8.81. The normalized spacial score (nSPS) is 19.8. The number of hydrogen-bond acceptors (Lipinski definition) is 5. The molecule has 2 aliphatic heterocycles. The molecule has 0 unspecified atom stereocenters. The SMILES string of the molecule is COc1cc(N)c(Cl)cc1C(=O)N1CCN(CC2CCOCC2)CC1. The number of methoxy groups -OCH3 is 1. The van der Waals surface area contributed by atoms with Gasteiger partial charge in [0.1, 0.15) is 5.75 Å². The van der Waals surface area contributed by atoms with E-state index in [1.54, 1.807) is 12.1 Å². The number of piperazine rings is 1. The first-order chi connectivity index (χ1) is 12.1. The third-order valence-electron chi connectivity index (χ3n) is 5.07. The van der Waals surface area contributed by atoms with Crippen LogP contribution in [0.3, 0.4) is 0 Å². The Bertz CT molecular complexity index is 612. The Morgan fingerprint density at radius 2 is 1.96 bits per heavy atom. The molecule has 2 heterocycles. The summed E-state index contributed by atoms with van der Waals surface area (Å²) in [4.78, 5) is 17.2. The quantitative estimate of drug-likeness (QED) is 0.825. The number of rotatable bonds is 4. The van der Waals surface area contributed by atoms with Crippen molar-refractivity contribution < 1.29 is 14.3 Å². The van der Waals surface area contributed by atoms with Crippen LogP contribution in [0.2, 0.25) is 5.02 Å². The summed E-state index contributed by atoms with van der Waals surface area (Å²) in [7, 11) is 1.53. The summed E-state index contributed by atoms with van der Waals surface area (Å²) < 4.78 is 10.7. The highest BCUT2D eigenvalue weighted by Gasteiger charge is 2.26. The second-order valence-electron chi connectivity index (χ2n) is 6.72. The second kappa shape index (κ2) is 8.25. The predicted octanol–water partition coefficient (Wildman–Crippen LogP) is 2.12. The zero-order valence-electron chi connectivity index (χ0n) is 14.7. The summed E-state index contributed by atoms with van der Waals surface area (Å²) in [5.41, 5.74) is 6.68. The number of carbonyl (C=O) groups is 1. The predicted molar refractivity (Wildman–Crippen MR) is 98.3 cm³/mol. The first-order valence-corrected chi connectivity index (χ1v) is 9.18. The van der Waals surface area contributed by atoms with E-state index >= 15 is 0 Å². The maximum atomic E-state index is 12.9. The van der Waals surface area contributed by atoms with Crippen LogP contribution in [0.1, 0.15) is 23.2 Å². The molecule has 0 aromatic heterocycles. The van der Waals surface area contributed by atoms with Gasteiger partial charge in [-0.25, -0.2) is 0 Å². The Balaban J connectivity index is 1.59. The molecule has 0 atom stereocenters. The van der Waals surface area contributed by atoms with Gasteiger partial charge < -0.3 is 20.1 Å². The molecular formula is C18H26ClN3O3. The van der Waals surface area contributed by atoms with Gasteiger partial charge in [-0.15, -0.1) is 0 Å². The Morgan fingerprint density at radius 3 is 2.60 bits per heavy atom. The van der Waals surface area contributed by atoms with E-state index in [4.69, 9.17) is 26.8 Å². The number of ether oxygens (including phenoxy) is 2. The van der Waals surface area contributed by atoms with E-state index in [1.165, 1.54) is 7.11 Å². The van der Waals surface area contributed by atoms with Crippen molar-refractivity contribution >= 4 is 23.2 Å². The fourth-order valence-electron chi connectivity index (χ4n) is 3.50. The van der Waals surface area contributed by atoms with Gasteiger partial charge in [-0.3, -0.25) is 9.69 Å². The van der Waals surface area contributed by atoms with Gasteiger partial charge in [0.15, 0.2) is 0 Å². The lowest BCUT2D eigenvalue weighted by Gasteiger charge is -2.37. The van der Waals surface area contributed by atoms with E-state index in [0.717, 1.165) is 45.7 Å². The van der Waals surface area contributed by atoms with E-state index in [1.807, 2.05) is 4.90 Å². The van der Waals surface area contributed by atoms with Crippen LogP contribution in [-0.2, 0) is 4.74 Å². The minimum atomic E-state index is -0.0514. The Labute approximate surface area is 153 Å². The number of nitrogens with two attached hydrogens (primary N) is 1. The molecule has 0 radical (unpaired) electrons. The molecule has 25 heavy (non-hydrogen) atoms. The van der Waals surface area contributed by atoms with E-state index in [9.17, 15) is 4.79 Å². The van der Waals surface area contributed by atoms with Crippen molar-refractivity contribution in [3.63, 3.8) is 0 Å².